The van der Waals surface area contributed by atoms with Crippen molar-refractivity contribution in [2.45, 2.75) is 13.5 Å². The molecule has 1 aliphatic rings. The smallest absolute Gasteiger partial charge is 0.253 e. The molecule has 6 nitrogen and oxygen atoms in total. The third kappa shape index (κ3) is 5.39. The van der Waals surface area contributed by atoms with Gasteiger partial charge >= 0.3 is 0 Å². The normalized spacial score (nSPS) is 13.5. The number of carbonyl (C=O) groups is 2. The van der Waals surface area contributed by atoms with Crippen molar-refractivity contribution in [1.82, 2.24) is 10.2 Å². The van der Waals surface area contributed by atoms with Crippen LogP contribution < -0.4 is 15.1 Å². The number of hydrogen-bond acceptors (Lipinski definition) is 4. The van der Waals surface area contributed by atoms with E-state index in [0.717, 1.165) is 30.0 Å². The second-order valence-corrected chi connectivity index (χ2v) is 8.55. The van der Waals surface area contributed by atoms with Crippen LogP contribution in [0.3, 0.4) is 0 Å². The SMILES string of the molecule is CCNC(=O)c1ccc(N2CCN(C(=O)c3ccccc3)CC2)cc1N(C)Cc1ccccc1. The molecule has 1 heterocycles. The zero-order valence-corrected chi connectivity index (χ0v) is 19.9. The van der Waals surface area contributed by atoms with Crippen LogP contribution in [0.5, 0.6) is 0 Å². The van der Waals surface area contributed by atoms with Crippen molar-refractivity contribution in [3.05, 3.63) is 95.6 Å². The Balaban J connectivity index is 1.51. The first-order chi connectivity index (χ1) is 16.6. The maximum atomic E-state index is 12.8. The maximum absolute atomic E-state index is 12.8. The third-order valence-corrected chi connectivity index (χ3v) is 6.19. The van der Waals surface area contributed by atoms with Gasteiger partial charge in [0.05, 0.1) is 11.3 Å². The highest BCUT2D eigenvalue weighted by molar-refractivity contribution is 6.00. The number of rotatable bonds is 7. The van der Waals surface area contributed by atoms with Crippen molar-refractivity contribution in [2.24, 2.45) is 0 Å². The van der Waals surface area contributed by atoms with Crippen molar-refractivity contribution < 1.29 is 9.59 Å². The molecule has 176 valence electrons. The second-order valence-electron chi connectivity index (χ2n) is 8.55. The molecule has 1 saturated heterocycles. The van der Waals surface area contributed by atoms with Crippen molar-refractivity contribution >= 4 is 23.2 Å². The molecule has 1 fully saturated rings. The Hall–Kier alpha value is -3.80. The molecular formula is C28H32N4O2. The standard InChI is InChI=1S/C28H32N4O2/c1-3-29-27(33)25-15-14-24(20-26(25)30(2)21-22-10-6-4-7-11-22)31-16-18-32(19-17-31)28(34)23-12-8-5-9-13-23/h4-15,20H,3,16-19,21H2,1-2H3,(H,29,33). The highest BCUT2D eigenvalue weighted by Crippen LogP contribution is 2.28. The van der Waals surface area contributed by atoms with E-state index in [4.69, 9.17) is 0 Å². The lowest BCUT2D eigenvalue weighted by Gasteiger charge is -2.36. The van der Waals surface area contributed by atoms with Gasteiger partial charge in [0.1, 0.15) is 0 Å². The van der Waals surface area contributed by atoms with Crippen LogP contribution in [0.2, 0.25) is 0 Å². The molecule has 0 aromatic heterocycles. The minimum Gasteiger partial charge on any atom is -0.370 e. The molecule has 0 saturated carbocycles. The minimum absolute atomic E-state index is 0.0674. The van der Waals surface area contributed by atoms with Gasteiger partial charge in [-0.2, -0.15) is 0 Å². The molecule has 0 atom stereocenters. The summed E-state index contributed by atoms with van der Waals surface area (Å²) in [6.07, 6.45) is 0. The maximum Gasteiger partial charge on any atom is 0.253 e. The van der Waals surface area contributed by atoms with Crippen LogP contribution in [0.1, 0.15) is 33.2 Å². The van der Waals surface area contributed by atoms with Crippen LogP contribution >= 0.6 is 0 Å². The minimum atomic E-state index is -0.0674. The Morgan fingerprint density at radius 3 is 2.18 bits per heavy atom. The van der Waals surface area contributed by atoms with Crippen LogP contribution in [0.25, 0.3) is 0 Å². The monoisotopic (exact) mass is 456 g/mol. The highest BCUT2D eigenvalue weighted by atomic mass is 16.2. The van der Waals surface area contributed by atoms with E-state index in [9.17, 15) is 9.59 Å². The number of hydrogen-bond donors (Lipinski definition) is 1. The summed E-state index contributed by atoms with van der Waals surface area (Å²) in [4.78, 5) is 31.9. The Kier molecular flexibility index (Phi) is 7.48. The van der Waals surface area contributed by atoms with Gasteiger partial charge in [0.2, 0.25) is 0 Å². The van der Waals surface area contributed by atoms with Crippen LogP contribution in [0, 0.1) is 0 Å². The Morgan fingerprint density at radius 2 is 1.53 bits per heavy atom. The number of carbonyl (C=O) groups excluding carboxylic acids is 2. The summed E-state index contributed by atoms with van der Waals surface area (Å²) in [6.45, 7) is 6.05. The van der Waals surface area contributed by atoms with Gasteiger partial charge in [0.15, 0.2) is 0 Å². The largest absolute Gasteiger partial charge is 0.370 e. The van der Waals surface area contributed by atoms with E-state index in [1.54, 1.807) is 0 Å². The number of benzene rings is 3. The van der Waals surface area contributed by atoms with E-state index in [0.29, 0.717) is 31.7 Å². The molecule has 1 N–H and O–H groups in total. The summed E-state index contributed by atoms with van der Waals surface area (Å²) in [7, 11) is 2.02. The lowest BCUT2D eigenvalue weighted by Crippen LogP contribution is -2.48. The van der Waals surface area contributed by atoms with Gasteiger partial charge in [-0.15, -0.1) is 0 Å². The zero-order chi connectivity index (χ0) is 23.9. The van der Waals surface area contributed by atoms with Gasteiger partial charge in [0.25, 0.3) is 11.8 Å². The van der Waals surface area contributed by atoms with Crippen LogP contribution in [0.15, 0.2) is 78.9 Å². The van der Waals surface area contributed by atoms with E-state index >= 15 is 0 Å². The molecular weight excluding hydrogens is 424 g/mol. The Bertz CT molecular complexity index is 1110. The van der Waals surface area contributed by atoms with E-state index in [2.05, 4.69) is 33.3 Å². The molecule has 1 aliphatic heterocycles. The van der Waals surface area contributed by atoms with Crippen LogP contribution in [-0.2, 0) is 6.54 Å². The predicted molar refractivity (Wildman–Crippen MR) is 138 cm³/mol. The van der Waals surface area contributed by atoms with Crippen molar-refractivity contribution in [2.75, 3.05) is 49.6 Å². The first-order valence-corrected chi connectivity index (χ1v) is 11.8. The van der Waals surface area contributed by atoms with E-state index in [1.165, 1.54) is 5.56 Å². The number of nitrogens with zero attached hydrogens (tertiary/aromatic N) is 3. The number of amides is 2. The number of piperazine rings is 1. The number of nitrogens with one attached hydrogen (secondary N) is 1. The molecule has 0 unspecified atom stereocenters. The molecule has 2 amide bonds. The second kappa shape index (κ2) is 10.9. The third-order valence-electron chi connectivity index (χ3n) is 6.19. The quantitative estimate of drug-likeness (QED) is 0.583. The molecule has 34 heavy (non-hydrogen) atoms. The van der Waals surface area contributed by atoms with Crippen molar-refractivity contribution in [3.8, 4) is 0 Å². The van der Waals surface area contributed by atoms with E-state index < -0.39 is 0 Å². The summed E-state index contributed by atoms with van der Waals surface area (Å²) < 4.78 is 0. The molecule has 0 aliphatic carbocycles. The summed E-state index contributed by atoms with van der Waals surface area (Å²) in [5, 5.41) is 2.93. The van der Waals surface area contributed by atoms with Gasteiger partial charge < -0.3 is 20.0 Å². The fraction of sp³-hybridized carbons (Fsp3) is 0.286. The summed E-state index contributed by atoms with van der Waals surface area (Å²) >= 11 is 0. The van der Waals surface area contributed by atoms with Crippen LogP contribution in [0.4, 0.5) is 11.4 Å². The predicted octanol–water partition coefficient (Wildman–Crippen LogP) is 4.04. The first-order valence-electron chi connectivity index (χ1n) is 11.8. The highest BCUT2D eigenvalue weighted by Gasteiger charge is 2.24. The number of anilines is 2. The summed E-state index contributed by atoms with van der Waals surface area (Å²) in [5.74, 6) is 0.0114. The molecule has 0 spiro atoms. The van der Waals surface area contributed by atoms with E-state index in [1.807, 2.05) is 79.5 Å². The molecule has 4 rings (SSSR count). The summed E-state index contributed by atoms with van der Waals surface area (Å²) in [5.41, 5.74) is 4.55. The molecule has 3 aromatic rings. The van der Waals surface area contributed by atoms with Gasteiger partial charge in [-0.25, -0.2) is 0 Å². The first kappa shape index (κ1) is 23.4. The molecule has 0 bridgehead atoms. The Morgan fingerprint density at radius 1 is 0.882 bits per heavy atom. The molecule has 6 heteroatoms. The van der Waals surface area contributed by atoms with Gasteiger partial charge in [-0.3, -0.25) is 9.59 Å². The lowest BCUT2D eigenvalue weighted by atomic mass is 10.1. The van der Waals surface area contributed by atoms with Crippen LogP contribution in [-0.4, -0.2) is 56.5 Å². The zero-order valence-electron chi connectivity index (χ0n) is 19.9. The molecule has 3 aromatic carbocycles. The van der Waals surface area contributed by atoms with E-state index in [-0.39, 0.29) is 11.8 Å². The fourth-order valence-electron chi connectivity index (χ4n) is 4.35. The Labute approximate surface area is 201 Å². The average molecular weight is 457 g/mol. The van der Waals surface area contributed by atoms with Gasteiger partial charge in [-0.05, 0) is 42.8 Å². The van der Waals surface area contributed by atoms with Gasteiger partial charge in [0, 0.05) is 57.6 Å². The van der Waals surface area contributed by atoms with Gasteiger partial charge in [-0.1, -0.05) is 48.5 Å². The van der Waals surface area contributed by atoms with Crippen molar-refractivity contribution in [1.29, 1.82) is 0 Å². The fourth-order valence-corrected chi connectivity index (χ4v) is 4.35. The average Bonchev–Trinajstić information content (AvgIpc) is 2.89. The topological polar surface area (TPSA) is 55.9 Å². The lowest BCUT2D eigenvalue weighted by molar-refractivity contribution is 0.0746. The van der Waals surface area contributed by atoms with Crippen molar-refractivity contribution in [3.63, 3.8) is 0 Å². The summed E-state index contributed by atoms with van der Waals surface area (Å²) in [6, 6.07) is 25.7. The molecule has 0 radical (unpaired) electrons.